The highest BCUT2D eigenvalue weighted by molar-refractivity contribution is 5.77. The summed E-state index contributed by atoms with van der Waals surface area (Å²) in [6.07, 6.45) is 2.15. The predicted octanol–water partition coefficient (Wildman–Crippen LogP) is 3.46. The quantitative estimate of drug-likeness (QED) is 0.738. The molecule has 3 rings (SSSR count). The Morgan fingerprint density at radius 3 is 2.76 bits per heavy atom. The number of rotatable bonds is 3. The van der Waals surface area contributed by atoms with Crippen molar-refractivity contribution in [3.8, 4) is 17.5 Å². The Morgan fingerprint density at radius 1 is 1.29 bits per heavy atom. The lowest BCUT2D eigenvalue weighted by atomic mass is 10.2. The van der Waals surface area contributed by atoms with E-state index >= 15 is 0 Å². The Bertz CT molecular complexity index is 828. The summed E-state index contributed by atoms with van der Waals surface area (Å²) in [7, 11) is 0. The van der Waals surface area contributed by atoms with Gasteiger partial charge >= 0.3 is 0 Å². The molecule has 0 aliphatic heterocycles. The van der Waals surface area contributed by atoms with Crippen LogP contribution in [-0.4, -0.2) is 14.5 Å². The first-order valence-corrected chi connectivity index (χ1v) is 6.65. The summed E-state index contributed by atoms with van der Waals surface area (Å²) in [6.45, 7) is 2.47. The molecule has 5 heteroatoms. The molecule has 0 saturated heterocycles. The fourth-order valence-electron chi connectivity index (χ4n) is 2.30. The van der Waals surface area contributed by atoms with Crippen LogP contribution >= 0.6 is 0 Å². The van der Waals surface area contributed by atoms with Crippen LogP contribution in [0.2, 0.25) is 0 Å². The molecule has 0 aliphatic carbocycles. The molecule has 0 spiro atoms. The third-order valence-corrected chi connectivity index (χ3v) is 3.27. The van der Waals surface area contributed by atoms with Gasteiger partial charge in [-0.25, -0.2) is 14.4 Å². The van der Waals surface area contributed by atoms with Gasteiger partial charge in [-0.3, -0.25) is 0 Å². The summed E-state index contributed by atoms with van der Waals surface area (Å²) in [5.74, 6) is 0.422. The van der Waals surface area contributed by atoms with E-state index in [1.54, 1.807) is 18.3 Å². The topological polar surface area (TPSA) is 54.5 Å². The molecule has 21 heavy (non-hydrogen) atoms. The van der Waals surface area contributed by atoms with E-state index in [4.69, 9.17) is 5.26 Å². The van der Waals surface area contributed by atoms with Gasteiger partial charge in [-0.05, 0) is 42.8 Å². The number of aryl methyl sites for hydroxylation is 2. The van der Waals surface area contributed by atoms with E-state index in [0.717, 1.165) is 22.3 Å². The molecular weight excluding hydrogens is 267 g/mol. The van der Waals surface area contributed by atoms with Crippen molar-refractivity contribution in [3.05, 3.63) is 47.9 Å². The molecule has 0 aliphatic rings. The van der Waals surface area contributed by atoms with Crippen LogP contribution in [0.5, 0.6) is 0 Å². The van der Waals surface area contributed by atoms with Gasteiger partial charge in [0.15, 0.2) is 5.65 Å². The number of imidazole rings is 1. The largest absolute Gasteiger partial charge is 0.308 e. The molecule has 0 radical (unpaired) electrons. The maximum absolute atomic E-state index is 13.1. The molecule has 0 unspecified atom stereocenters. The lowest BCUT2D eigenvalue weighted by Crippen LogP contribution is -2.01. The van der Waals surface area contributed by atoms with Gasteiger partial charge in [0.05, 0.1) is 12.5 Å². The van der Waals surface area contributed by atoms with Gasteiger partial charge in [-0.15, -0.1) is 0 Å². The van der Waals surface area contributed by atoms with Crippen molar-refractivity contribution in [2.45, 2.75) is 19.9 Å². The van der Waals surface area contributed by atoms with Crippen molar-refractivity contribution in [1.82, 2.24) is 14.5 Å². The minimum atomic E-state index is -0.285. The van der Waals surface area contributed by atoms with Crippen LogP contribution < -0.4 is 0 Å². The van der Waals surface area contributed by atoms with Crippen LogP contribution in [0, 0.1) is 24.1 Å². The Kier molecular flexibility index (Phi) is 3.36. The van der Waals surface area contributed by atoms with E-state index in [1.807, 2.05) is 17.6 Å². The van der Waals surface area contributed by atoms with Crippen LogP contribution in [-0.2, 0) is 6.54 Å². The molecule has 0 bridgehead atoms. The Labute approximate surface area is 121 Å². The molecule has 2 aromatic heterocycles. The number of aromatic nitrogens is 3. The minimum Gasteiger partial charge on any atom is -0.308 e. The molecule has 0 fully saturated rings. The molecular formula is C16H13FN4. The van der Waals surface area contributed by atoms with Gasteiger partial charge < -0.3 is 4.57 Å². The normalized spacial score (nSPS) is 10.7. The summed E-state index contributed by atoms with van der Waals surface area (Å²) >= 11 is 0. The first-order valence-electron chi connectivity index (χ1n) is 6.65. The molecule has 0 saturated carbocycles. The Balaban J connectivity index is 2.20. The maximum Gasteiger partial charge on any atom is 0.160 e. The fraction of sp³-hybridized carbons (Fsp3) is 0.188. The van der Waals surface area contributed by atoms with Crippen LogP contribution in [0.1, 0.15) is 12.0 Å². The first kappa shape index (κ1) is 13.3. The van der Waals surface area contributed by atoms with Crippen molar-refractivity contribution >= 4 is 11.2 Å². The maximum atomic E-state index is 13.1. The summed E-state index contributed by atoms with van der Waals surface area (Å²) < 4.78 is 15.0. The molecule has 2 heterocycles. The van der Waals surface area contributed by atoms with E-state index in [9.17, 15) is 4.39 Å². The molecule has 3 aromatic rings. The Morgan fingerprint density at radius 2 is 2.05 bits per heavy atom. The second-order valence-electron chi connectivity index (χ2n) is 4.86. The SMILES string of the molecule is Cc1cnc2c(c1)nc(-c1ccc(F)cc1)n2CCC#N. The zero-order valence-corrected chi connectivity index (χ0v) is 11.5. The van der Waals surface area contributed by atoms with E-state index in [1.165, 1.54) is 12.1 Å². The third kappa shape index (κ3) is 2.48. The third-order valence-electron chi connectivity index (χ3n) is 3.27. The van der Waals surface area contributed by atoms with Crippen molar-refractivity contribution in [3.63, 3.8) is 0 Å². The summed E-state index contributed by atoms with van der Waals surface area (Å²) in [4.78, 5) is 9.01. The number of halogens is 1. The number of nitrogens with zero attached hydrogens (tertiary/aromatic N) is 4. The number of nitriles is 1. The lowest BCUT2D eigenvalue weighted by molar-refractivity contribution is 0.628. The number of hydrogen-bond acceptors (Lipinski definition) is 3. The van der Waals surface area contributed by atoms with Crippen LogP contribution in [0.25, 0.3) is 22.6 Å². The second kappa shape index (κ2) is 5.33. The van der Waals surface area contributed by atoms with Gasteiger partial charge in [-0.1, -0.05) is 0 Å². The average molecular weight is 280 g/mol. The lowest BCUT2D eigenvalue weighted by Gasteiger charge is -2.06. The number of pyridine rings is 1. The molecule has 104 valence electrons. The zero-order valence-electron chi connectivity index (χ0n) is 11.5. The van der Waals surface area contributed by atoms with Crippen molar-refractivity contribution in [2.75, 3.05) is 0 Å². The summed E-state index contributed by atoms with van der Waals surface area (Å²) in [5, 5.41) is 8.83. The number of hydrogen-bond donors (Lipinski definition) is 0. The standard InChI is InChI=1S/C16H13FN4/c1-11-9-14-16(19-10-11)21(8-2-7-18)15(20-14)12-3-5-13(17)6-4-12/h3-6,9-10H,2,8H2,1H3. The monoisotopic (exact) mass is 280 g/mol. The second-order valence-corrected chi connectivity index (χ2v) is 4.86. The average Bonchev–Trinajstić information content (AvgIpc) is 2.83. The van der Waals surface area contributed by atoms with E-state index in [0.29, 0.717) is 18.8 Å². The van der Waals surface area contributed by atoms with E-state index in [-0.39, 0.29) is 5.82 Å². The van der Waals surface area contributed by atoms with Gasteiger partial charge in [0.1, 0.15) is 17.2 Å². The van der Waals surface area contributed by atoms with Crippen LogP contribution in [0.4, 0.5) is 4.39 Å². The van der Waals surface area contributed by atoms with Crippen LogP contribution in [0.3, 0.4) is 0 Å². The van der Waals surface area contributed by atoms with Crippen molar-refractivity contribution in [2.24, 2.45) is 0 Å². The number of fused-ring (bicyclic) bond motifs is 1. The van der Waals surface area contributed by atoms with Gasteiger partial charge in [0.2, 0.25) is 0 Å². The fourth-order valence-corrected chi connectivity index (χ4v) is 2.30. The molecule has 1 aromatic carbocycles. The zero-order chi connectivity index (χ0) is 14.8. The van der Waals surface area contributed by atoms with E-state index in [2.05, 4.69) is 16.0 Å². The van der Waals surface area contributed by atoms with Crippen molar-refractivity contribution in [1.29, 1.82) is 5.26 Å². The highest BCUT2D eigenvalue weighted by Gasteiger charge is 2.13. The minimum absolute atomic E-state index is 0.285. The summed E-state index contributed by atoms with van der Waals surface area (Å²) in [5.41, 5.74) is 3.37. The smallest absolute Gasteiger partial charge is 0.160 e. The highest BCUT2D eigenvalue weighted by atomic mass is 19.1. The molecule has 0 atom stereocenters. The van der Waals surface area contributed by atoms with Gasteiger partial charge in [0, 0.05) is 18.3 Å². The van der Waals surface area contributed by atoms with Gasteiger partial charge in [-0.2, -0.15) is 5.26 Å². The highest BCUT2D eigenvalue weighted by Crippen LogP contribution is 2.24. The molecule has 0 amide bonds. The molecule has 4 nitrogen and oxygen atoms in total. The van der Waals surface area contributed by atoms with Crippen LogP contribution in [0.15, 0.2) is 36.5 Å². The predicted molar refractivity (Wildman–Crippen MR) is 77.9 cm³/mol. The molecule has 0 N–H and O–H groups in total. The summed E-state index contributed by atoms with van der Waals surface area (Å²) in [6, 6.07) is 10.3. The Hall–Kier alpha value is -2.74. The number of benzene rings is 1. The van der Waals surface area contributed by atoms with Crippen molar-refractivity contribution < 1.29 is 4.39 Å². The first-order chi connectivity index (χ1) is 10.2. The van der Waals surface area contributed by atoms with Gasteiger partial charge in [0.25, 0.3) is 0 Å². The van der Waals surface area contributed by atoms with E-state index < -0.39 is 0 Å².